The van der Waals surface area contributed by atoms with Crippen molar-refractivity contribution in [2.75, 3.05) is 19.8 Å². The maximum absolute atomic E-state index is 12.2. The molecule has 1 heterocycles. The van der Waals surface area contributed by atoms with Crippen LogP contribution in [0.5, 0.6) is 0 Å². The SMILES string of the molecule is CC(C)(C)C1CCC(O)CC1N1CCCOCC1=O. The van der Waals surface area contributed by atoms with Crippen molar-refractivity contribution >= 4 is 5.91 Å². The molecule has 1 aliphatic carbocycles. The van der Waals surface area contributed by atoms with E-state index in [1.807, 2.05) is 4.90 Å². The normalized spacial score (nSPS) is 34.2. The highest BCUT2D eigenvalue weighted by atomic mass is 16.5. The lowest BCUT2D eigenvalue weighted by atomic mass is 9.68. The number of aliphatic hydroxyl groups excluding tert-OH is 1. The van der Waals surface area contributed by atoms with Gasteiger partial charge in [0.1, 0.15) is 6.61 Å². The van der Waals surface area contributed by atoms with Gasteiger partial charge in [-0.05, 0) is 37.0 Å². The topological polar surface area (TPSA) is 49.8 Å². The van der Waals surface area contributed by atoms with Crippen LogP contribution in [0.4, 0.5) is 0 Å². The number of aliphatic hydroxyl groups is 1. The van der Waals surface area contributed by atoms with Gasteiger partial charge in [-0.1, -0.05) is 20.8 Å². The number of rotatable bonds is 1. The minimum Gasteiger partial charge on any atom is -0.393 e. The van der Waals surface area contributed by atoms with E-state index in [1.165, 1.54) is 0 Å². The van der Waals surface area contributed by atoms with Crippen molar-refractivity contribution < 1.29 is 14.6 Å². The molecule has 110 valence electrons. The van der Waals surface area contributed by atoms with E-state index in [9.17, 15) is 9.90 Å². The first-order chi connectivity index (χ1) is 8.89. The minimum atomic E-state index is -0.263. The Hall–Kier alpha value is -0.610. The molecule has 0 aromatic heterocycles. The van der Waals surface area contributed by atoms with Crippen molar-refractivity contribution in [3.63, 3.8) is 0 Å². The minimum absolute atomic E-state index is 0.0888. The summed E-state index contributed by atoms with van der Waals surface area (Å²) < 4.78 is 5.32. The fourth-order valence-corrected chi connectivity index (χ4v) is 3.53. The van der Waals surface area contributed by atoms with Gasteiger partial charge >= 0.3 is 0 Å². The van der Waals surface area contributed by atoms with E-state index in [0.29, 0.717) is 18.9 Å². The third-order valence-electron chi connectivity index (χ3n) is 4.54. The molecule has 1 saturated carbocycles. The monoisotopic (exact) mass is 269 g/mol. The summed E-state index contributed by atoms with van der Waals surface area (Å²) in [5.41, 5.74) is 0.165. The maximum atomic E-state index is 12.2. The highest BCUT2D eigenvalue weighted by Gasteiger charge is 2.41. The second-order valence-electron chi connectivity index (χ2n) is 7.00. The Morgan fingerprint density at radius 3 is 2.74 bits per heavy atom. The number of amides is 1. The molecule has 2 rings (SSSR count). The smallest absolute Gasteiger partial charge is 0.248 e. The van der Waals surface area contributed by atoms with Crippen molar-refractivity contribution in [1.29, 1.82) is 0 Å². The highest BCUT2D eigenvalue weighted by molar-refractivity contribution is 5.78. The molecule has 1 amide bonds. The van der Waals surface area contributed by atoms with Crippen molar-refractivity contribution in [3.8, 4) is 0 Å². The number of ether oxygens (including phenoxy) is 1. The van der Waals surface area contributed by atoms with Gasteiger partial charge in [0.15, 0.2) is 0 Å². The molecule has 1 saturated heterocycles. The molecule has 2 aliphatic rings. The van der Waals surface area contributed by atoms with Gasteiger partial charge in [-0.25, -0.2) is 0 Å². The van der Waals surface area contributed by atoms with Crippen LogP contribution in [-0.4, -0.2) is 47.8 Å². The highest BCUT2D eigenvalue weighted by Crippen LogP contribution is 2.40. The molecule has 19 heavy (non-hydrogen) atoms. The Morgan fingerprint density at radius 2 is 2.05 bits per heavy atom. The Bertz CT molecular complexity index is 324. The lowest BCUT2D eigenvalue weighted by Gasteiger charge is -2.46. The van der Waals surface area contributed by atoms with Crippen LogP contribution in [0.3, 0.4) is 0 Å². The molecule has 3 atom stereocenters. The molecule has 4 nitrogen and oxygen atoms in total. The quantitative estimate of drug-likeness (QED) is 0.790. The van der Waals surface area contributed by atoms with Crippen LogP contribution in [0.25, 0.3) is 0 Å². The summed E-state index contributed by atoms with van der Waals surface area (Å²) in [7, 11) is 0. The van der Waals surface area contributed by atoms with E-state index in [0.717, 1.165) is 25.8 Å². The predicted molar refractivity (Wildman–Crippen MR) is 73.7 cm³/mol. The van der Waals surface area contributed by atoms with E-state index in [1.54, 1.807) is 0 Å². The lowest BCUT2D eigenvalue weighted by Crippen LogP contribution is -2.52. The molecule has 0 aromatic rings. The number of carbonyl (C=O) groups is 1. The number of carbonyl (C=O) groups excluding carboxylic acids is 1. The number of hydrogen-bond donors (Lipinski definition) is 1. The maximum Gasteiger partial charge on any atom is 0.248 e. The van der Waals surface area contributed by atoms with Crippen molar-refractivity contribution in [3.05, 3.63) is 0 Å². The molecule has 0 spiro atoms. The molecule has 1 N–H and O–H groups in total. The Labute approximate surface area is 116 Å². The largest absolute Gasteiger partial charge is 0.393 e. The Morgan fingerprint density at radius 1 is 1.32 bits per heavy atom. The number of nitrogens with zero attached hydrogens (tertiary/aromatic N) is 1. The van der Waals surface area contributed by atoms with E-state index < -0.39 is 0 Å². The molecule has 0 aromatic carbocycles. The summed E-state index contributed by atoms with van der Waals surface area (Å²) in [6.45, 7) is 8.34. The molecular formula is C15H27NO3. The summed E-state index contributed by atoms with van der Waals surface area (Å²) in [6, 6.07) is 0.165. The van der Waals surface area contributed by atoms with Gasteiger partial charge in [0.05, 0.1) is 6.10 Å². The molecule has 0 bridgehead atoms. The lowest BCUT2D eigenvalue weighted by molar-refractivity contribution is -0.140. The first-order valence-electron chi connectivity index (χ1n) is 7.45. The van der Waals surface area contributed by atoms with Crippen molar-refractivity contribution in [2.24, 2.45) is 11.3 Å². The van der Waals surface area contributed by atoms with Crippen LogP contribution in [0.15, 0.2) is 0 Å². The molecule has 0 radical (unpaired) electrons. The third-order valence-corrected chi connectivity index (χ3v) is 4.54. The van der Waals surface area contributed by atoms with Crippen LogP contribution in [0.2, 0.25) is 0 Å². The Kier molecular flexibility index (Phi) is 4.51. The molecule has 4 heteroatoms. The van der Waals surface area contributed by atoms with Gasteiger partial charge in [-0.15, -0.1) is 0 Å². The van der Waals surface area contributed by atoms with Crippen molar-refractivity contribution in [1.82, 2.24) is 4.90 Å². The third kappa shape index (κ3) is 3.48. The zero-order chi connectivity index (χ0) is 14.0. The molecule has 1 aliphatic heterocycles. The Balaban J connectivity index is 2.18. The van der Waals surface area contributed by atoms with Gasteiger partial charge in [0.2, 0.25) is 5.91 Å². The summed E-state index contributed by atoms with van der Waals surface area (Å²) in [5, 5.41) is 9.98. The van der Waals surface area contributed by atoms with E-state index in [-0.39, 0.29) is 30.1 Å². The zero-order valence-corrected chi connectivity index (χ0v) is 12.4. The summed E-state index contributed by atoms with van der Waals surface area (Å²) in [5.74, 6) is 0.545. The average molecular weight is 269 g/mol. The second kappa shape index (κ2) is 5.80. The zero-order valence-electron chi connectivity index (χ0n) is 12.4. The summed E-state index contributed by atoms with van der Waals surface area (Å²) >= 11 is 0. The van der Waals surface area contributed by atoms with Crippen LogP contribution in [0.1, 0.15) is 46.5 Å². The molecular weight excluding hydrogens is 242 g/mol. The van der Waals surface area contributed by atoms with E-state index in [2.05, 4.69) is 20.8 Å². The second-order valence-corrected chi connectivity index (χ2v) is 7.00. The molecule has 3 unspecified atom stereocenters. The van der Waals surface area contributed by atoms with Gasteiger partial charge < -0.3 is 14.7 Å². The molecule has 2 fully saturated rings. The average Bonchev–Trinajstić information content (AvgIpc) is 2.52. The van der Waals surface area contributed by atoms with Gasteiger partial charge in [0, 0.05) is 19.2 Å². The number of hydrogen-bond acceptors (Lipinski definition) is 3. The van der Waals surface area contributed by atoms with Crippen LogP contribution >= 0.6 is 0 Å². The standard InChI is InChI=1S/C15H27NO3/c1-15(2,3)12-6-5-11(17)9-13(12)16-7-4-8-19-10-14(16)18/h11-13,17H,4-10H2,1-3H3. The first-order valence-corrected chi connectivity index (χ1v) is 7.45. The first kappa shape index (κ1) is 14.8. The van der Waals surface area contributed by atoms with Crippen molar-refractivity contribution in [2.45, 2.75) is 58.6 Å². The van der Waals surface area contributed by atoms with Crippen LogP contribution in [0, 0.1) is 11.3 Å². The van der Waals surface area contributed by atoms with Gasteiger partial charge in [0.25, 0.3) is 0 Å². The van der Waals surface area contributed by atoms with Crippen LogP contribution in [-0.2, 0) is 9.53 Å². The summed E-state index contributed by atoms with van der Waals surface area (Å²) in [6.07, 6.45) is 3.21. The van der Waals surface area contributed by atoms with Crippen LogP contribution < -0.4 is 0 Å². The van der Waals surface area contributed by atoms with E-state index >= 15 is 0 Å². The fourth-order valence-electron chi connectivity index (χ4n) is 3.53. The fraction of sp³-hybridized carbons (Fsp3) is 0.933. The van der Waals surface area contributed by atoms with E-state index in [4.69, 9.17) is 4.74 Å². The van der Waals surface area contributed by atoms with Gasteiger partial charge in [-0.3, -0.25) is 4.79 Å². The summed E-state index contributed by atoms with van der Waals surface area (Å²) in [4.78, 5) is 14.2. The predicted octanol–water partition coefficient (Wildman–Crippen LogP) is 1.81. The van der Waals surface area contributed by atoms with Gasteiger partial charge in [-0.2, -0.15) is 0 Å².